The topological polar surface area (TPSA) is 44.6 Å². The Morgan fingerprint density at radius 1 is 1.15 bits per heavy atom. The summed E-state index contributed by atoms with van der Waals surface area (Å²) in [6.45, 7) is 11.1. The van der Waals surface area contributed by atoms with Gasteiger partial charge < -0.3 is 14.7 Å². The Balaban J connectivity index is 1.40. The third-order valence-corrected chi connectivity index (χ3v) is 5.64. The molecule has 2 aromatic rings. The van der Waals surface area contributed by atoms with Gasteiger partial charge in [0.1, 0.15) is 5.82 Å². The molecule has 1 unspecified atom stereocenters. The second-order valence-electron chi connectivity index (χ2n) is 7.86. The maximum atomic E-state index is 13.0. The lowest BCUT2D eigenvalue weighted by molar-refractivity contribution is -0.130. The average molecular weight is 367 g/mol. The summed E-state index contributed by atoms with van der Waals surface area (Å²) in [5, 5.41) is 4.53. The number of piperazine rings is 1. The molecule has 0 N–H and O–H groups in total. The van der Waals surface area contributed by atoms with Crippen LogP contribution in [0.25, 0.3) is 0 Å². The first kappa shape index (κ1) is 17.9. The van der Waals surface area contributed by atoms with E-state index in [9.17, 15) is 4.79 Å². The van der Waals surface area contributed by atoms with E-state index in [1.165, 1.54) is 11.3 Å². The fourth-order valence-corrected chi connectivity index (χ4v) is 4.27. The van der Waals surface area contributed by atoms with E-state index in [0.717, 1.165) is 50.7 Å². The van der Waals surface area contributed by atoms with E-state index in [0.29, 0.717) is 12.6 Å². The predicted molar refractivity (Wildman–Crippen MR) is 108 cm³/mol. The van der Waals surface area contributed by atoms with Gasteiger partial charge in [-0.2, -0.15) is 5.10 Å². The molecule has 2 aliphatic heterocycles. The molecule has 0 saturated carbocycles. The largest absolute Gasteiger partial charge is 0.365 e. The minimum Gasteiger partial charge on any atom is -0.365 e. The van der Waals surface area contributed by atoms with Crippen molar-refractivity contribution in [3.63, 3.8) is 0 Å². The summed E-state index contributed by atoms with van der Waals surface area (Å²) in [5.74, 6) is 1.30. The van der Waals surface area contributed by atoms with E-state index in [4.69, 9.17) is 0 Å². The number of carbonyl (C=O) groups is 1. The van der Waals surface area contributed by atoms with Crippen molar-refractivity contribution in [2.45, 2.75) is 39.8 Å². The maximum absolute atomic E-state index is 13.0. The van der Waals surface area contributed by atoms with Crippen molar-refractivity contribution in [3.05, 3.63) is 41.6 Å². The first-order valence-corrected chi connectivity index (χ1v) is 9.92. The molecule has 1 atom stereocenters. The number of fused-ring (bicyclic) bond motifs is 1. The molecule has 0 bridgehead atoms. The zero-order chi connectivity index (χ0) is 19.0. The van der Waals surface area contributed by atoms with Crippen molar-refractivity contribution in [2.75, 3.05) is 42.5 Å². The first-order chi connectivity index (χ1) is 13.0. The number of aryl methyl sites for hydroxylation is 3. The minimum atomic E-state index is 0.220. The Hall–Kier alpha value is -2.50. The van der Waals surface area contributed by atoms with E-state index < -0.39 is 0 Å². The Kier molecular flexibility index (Phi) is 4.81. The molecular formula is C21H29N5O. The van der Waals surface area contributed by atoms with E-state index in [2.05, 4.69) is 59.1 Å². The molecule has 1 aromatic heterocycles. The second kappa shape index (κ2) is 7.25. The van der Waals surface area contributed by atoms with Crippen LogP contribution in [0.3, 0.4) is 0 Å². The standard InChI is InChI=1S/C21H29N5O/c1-16-6-4-7-19(12-16)25-11-10-24(14-18(25)3)21(27)15-23-8-5-9-26-20(23)13-17(2)22-26/h4,6-7,12-13,18H,5,8-11,14-15H2,1-3H3. The van der Waals surface area contributed by atoms with Crippen LogP contribution in [0.4, 0.5) is 11.5 Å². The minimum absolute atomic E-state index is 0.220. The number of rotatable bonds is 3. The maximum Gasteiger partial charge on any atom is 0.242 e. The number of hydrogen-bond donors (Lipinski definition) is 0. The van der Waals surface area contributed by atoms with Crippen LogP contribution in [0.5, 0.6) is 0 Å². The van der Waals surface area contributed by atoms with E-state index >= 15 is 0 Å². The van der Waals surface area contributed by atoms with Gasteiger partial charge in [-0.15, -0.1) is 0 Å². The van der Waals surface area contributed by atoms with Crippen LogP contribution in [0.2, 0.25) is 0 Å². The fraction of sp³-hybridized carbons (Fsp3) is 0.524. The molecule has 27 heavy (non-hydrogen) atoms. The summed E-state index contributed by atoms with van der Waals surface area (Å²) >= 11 is 0. The highest BCUT2D eigenvalue weighted by Gasteiger charge is 2.29. The number of amides is 1. The van der Waals surface area contributed by atoms with Crippen LogP contribution >= 0.6 is 0 Å². The van der Waals surface area contributed by atoms with Gasteiger partial charge in [0.15, 0.2) is 0 Å². The number of carbonyl (C=O) groups excluding carboxylic acids is 1. The van der Waals surface area contributed by atoms with Crippen molar-refractivity contribution in [2.24, 2.45) is 0 Å². The normalized spacial score (nSPS) is 20.0. The van der Waals surface area contributed by atoms with Crippen LogP contribution in [0.1, 0.15) is 24.6 Å². The van der Waals surface area contributed by atoms with Crippen LogP contribution < -0.4 is 9.80 Å². The zero-order valence-corrected chi connectivity index (χ0v) is 16.6. The third kappa shape index (κ3) is 3.66. The number of nitrogens with zero attached hydrogens (tertiary/aromatic N) is 5. The first-order valence-electron chi connectivity index (χ1n) is 9.92. The molecule has 0 aliphatic carbocycles. The number of aromatic nitrogens is 2. The molecule has 1 saturated heterocycles. The van der Waals surface area contributed by atoms with Gasteiger partial charge in [0.05, 0.1) is 12.2 Å². The summed E-state index contributed by atoms with van der Waals surface area (Å²) in [6, 6.07) is 11.0. The third-order valence-electron chi connectivity index (χ3n) is 5.64. The van der Waals surface area contributed by atoms with Crippen molar-refractivity contribution >= 4 is 17.4 Å². The van der Waals surface area contributed by atoms with Gasteiger partial charge in [0.2, 0.25) is 5.91 Å². The highest BCUT2D eigenvalue weighted by atomic mass is 16.2. The molecule has 6 heteroatoms. The van der Waals surface area contributed by atoms with Crippen LogP contribution in [0.15, 0.2) is 30.3 Å². The number of hydrogen-bond acceptors (Lipinski definition) is 4. The number of anilines is 2. The molecule has 1 amide bonds. The summed E-state index contributed by atoms with van der Waals surface area (Å²) in [4.78, 5) is 19.6. The zero-order valence-electron chi connectivity index (χ0n) is 16.6. The smallest absolute Gasteiger partial charge is 0.242 e. The van der Waals surface area contributed by atoms with Gasteiger partial charge in [-0.3, -0.25) is 4.79 Å². The Bertz CT molecular complexity index is 830. The van der Waals surface area contributed by atoms with E-state index in [1.54, 1.807) is 0 Å². The van der Waals surface area contributed by atoms with Crippen LogP contribution in [-0.4, -0.2) is 59.4 Å². The lowest BCUT2D eigenvalue weighted by atomic mass is 10.1. The Morgan fingerprint density at radius 2 is 2.00 bits per heavy atom. The van der Waals surface area contributed by atoms with Gasteiger partial charge in [-0.25, -0.2) is 4.68 Å². The van der Waals surface area contributed by atoms with E-state index in [1.807, 2.05) is 16.5 Å². The molecule has 2 aliphatic rings. The lowest BCUT2D eigenvalue weighted by Gasteiger charge is -2.42. The van der Waals surface area contributed by atoms with Gasteiger partial charge in [0.25, 0.3) is 0 Å². The van der Waals surface area contributed by atoms with Crippen LogP contribution in [-0.2, 0) is 11.3 Å². The van der Waals surface area contributed by atoms with Crippen LogP contribution in [0, 0.1) is 13.8 Å². The SMILES string of the molecule is Cc1cccc(N2CCN(C(=O)CN3CCCn4nc(C)cc43)CC2C)c1. The molecule has 144 valence electrons. The van der Waals surface area contributed by atoms with Gasteiger partial charge in [-0.05, 0) is 44.9 Å². The summed E-state index contributed by atoms with van der Waals surface area (Å²) in [6.07, 6.45) is 1.04. The lowest BCUT2D eigenvalue weighted by Crippen LogP contribution is -2.55. The highest BCUT2D eigenvalue weighted by molar-refractivity contribution is 5.81. The fourth-order valence-electron chi connectivity index (χ4n) is 4.27. The Labute approximate surface area is 161 Å². The molecule has 1 fully saturated rings. The van der Waals surface area contributed by atoms with Crippen molar-refractivity contribution in [3.8, 4) is 0 Å². The summed E-state index contributed by atoms with van der Waals surface area (Å²) in [7, 11) is 0. The molecule has 4 rings (SSSR count). The molecule has 6 nitrogen and oxygen atoms in total. The summed E-state index contributed by atoms with van der Waals surface area (Å²) in [5.41, 5.74) is 3.55. The van der Waals surface area contributed by atoms with Crippen molar-refractivity contribution < 1.29 is 4.79 Å². The molecule has 0 radical (unpaired) electrons. The highest BCUT2D eigenvalue weighted by Crippen LogP contribution is 2.24. The number of benzene rings is 1. The quantitative estimate of drug-likeness (QED) is 0.836. The van der Waals surface area contributed by atoms with Gasteiger partial charge in [0, 0.05) is 50.5 Å². The average Bonchev–Trinajstić information content (AvgIpc) is 3.03. The van der Waals surface area contributed by atoms with Gasteiger partial charge in [-0.1, -0.05) is 12.1 Å². The van der Waals surface area contributed by atoms with E-state index in [-0.39, 0.29) is 5.91 Å². The summed E-state index contributed by atoms with van der Waals surface area (Å²) < 4.78 is 2.03. The Morgan fingerprint density at radius 3 is 2.78 bits per heavy atom. The van der Waals surface area contributed by atoms with Crippen molar-refractivity contribution in [1.29, 1.82) is 0 Å². The van der Waals surface area contributed by atoms with Gasteiger partial charge >= 0.3 is 0 Å². The second-order valence-corrected chi connectivity index (χ2v) is 7.86. The molecule has 1 aromatic carbocycles. The van der Waals surface area contributed by atoms with Crippen molar-refractivity contribution in [1.82, 2.24) is 14.7 Å². The molecule has 0 spiro atoms. The molecule has 3 heterocycles. The monoisotopic (exact) mass is 367 g/mol. The predicted octanol–water partition coefficient (Wildman–Crippen LogP) is 2.45. The molecular weight excluding hydrogens is 338 g/mol.